The molecule has 0 atom stereocenters. The van der Waals surface area contributed by atoms with Crippen molar-refractivity contribution in [3.8, 4) is 0 Å². The van der Waals surface area contributed by atoms with Crippen molar-refractivity contribution >= 4 is 6.09 Å². The van der Waals surface area contributed by atoms with E-state index in [2.05, 4.69) is 6.92 Å². The molecule has 100 valence electrons. The van der Waals surface area contributed by atoms with Crippen LogP contribution in [-0.4, -0.2) is 28.5 Å². The number of nitrogens with zero attached hydrogens (tertiary/aromatic N) is 1. The molecule has 4 nitrogen and oxygen atoms in total. The molecular formula is C13H25NO3. The van der Waals surface area contributed by atoms with Crippen LogP contribution in [0.5, 0.6) is 0 Å². The highest BCUT2D eigenvalue weighted by molar-refractivity contribution is 5.66. The molecule has 0 bridgehead atoms. The molecule has 0 unspecified atom stereocenters. The second kappa shape index (κ2) is 8.12. The van der Waals surface area contributed by atoms with E-state index >= 15 is 0 Å². The smallest absolute Gasteiger partial charge is 0.434 e. The second-order valence-electron chi connectivity index (χ2n) is 5.03. The lowest BCUT2D eigenvalue weighted by molar-refractivity contribution is -0.0866. The summed E-state index contributed by atoms with van der Waals surface area (Å²) in [6, 6.07) is 0. The topological polar surface area (TPSA) is 49.8 Å². The quantitative estimate of drug-likeness (QED) is 0.334. The van der Waals surface area contributed by atoms with Gasteiger partial charge in [-0.2, -0.15) is 5.06 Å². The van der Waals surface area contributed by atoms with Crippen LogP contribution in [-0.2, 0) is 4.74 Å². The Kier molecular flexibility index (Phi) is 7.63. The van der Waals surface area contributed by atoms with Crippen LogP contribution in [0.3, 0.4) is 0 Å². The van der Waals surface area contributed by atoms with Crippen molar-refractivity contribution < 1.29 is 14.7 Å². The van der Waals surface area contributed by atoms with E-state index in [1.54, 1.807) is 26.8 Å². The van der Waals surface area contributed by atoms with Gasteiger partial charge in [0.1, 0.15) is 5.60 Å². The second-order valence-corrected chi connectivity index (χ2v) is 5.03. The lowest BCUT2D eigenvalue weighted by Gasteiger charge is -2.22. The summed E-state index contributed by atoms with van der Waals surface area (Å²) >= 11 is 0. The van der Waals surface area contributed by atoms with Crippen LogP contribution in [0.4, 0.5) is 4.79 Å². The van der Waals surface area contributed by atoms with Gasteiger partial charge in [-0.15, -0.1) is 0 Å². The molecule has 17 heavy (non-hydrogen) atoms. The van der Waals surface area contributed by atoms with E-state index in [1.807, 2.05) is 6.08 Å². The van der Waals surface area contributed by atoms with Crippen LogP contribution in [0.1, 0.15) is 53.4 Å². The van der Waals surface area contributed by atoms with Crippen molar-refractivity contribution in [3.05, 3.63) is 12.2 Å². The van der Waals surface area contributed by atoms with Crippen molar-refractivity contribution in [3.63, 3.8) is 0 Å². The van der Waals surface area contributed by atoms with E-state index in [0.29, 0.717) is 5.06 Å². The predicted molar refractivity (Wildman–Crippen MR) is 68.0 cm³/mol. The van der Waals surface area contributed by atoms with Gasteiger partial charge in [-0.3, -0.25) is 5.21 Å². The maximum Gasteiger partial charge on any atom is 0.434 e. The Bertz CT molecular complexity index is 244. The first-order chi connectivity index (χ1) is 7.87. The summed E-state index contributed by atoms with van der Waals surface area (Å²) in [5.41, 5.74) is -0.580. The number of hydroxylamine groups is 2. The molecule has 0 aliphatic carbocycles. The molecule has 0 aliphatic rings. The Hall–Kier alpha value is -1.03. The van der Waals surface area contributed by atoms with E-state index in [-0.39, 0.29) is 6.54 Å². The van der Waals surface area contributed by atoms with Crippen molar-refractivity contribution in [2.75, 3.05) is 6.54 Å². The zero-order valence-electron chi connectivity index (χ0n) is 11.4. The van der Waals surface area contributed by atoms with Gasteiger partial charge in [0.05, 0.1) is 6.54 Å². The summed E-state index contributed by atoms with van der Waals surface area (Å²) in [5, 5.41) is 9.98. The number of carbonyl (C=O) groups excluding carboxylic acids is 1. The largest absolute Gasteiger partial charge is 0.442 e. The fraction of sp³-hybridized carbons (Fsp3) is 0.769. The number of unbranched alkanes of at least 4 members (excludes halogenated alkanes) is 3. The van der Waals surface area contributed by atoms with E-state index < -0.39 is 11.7 Å². The first-order valence-electron chi connectivity index (χ1n) is 6.21. The minimum Gasteiger partial charge on any atom is -0.442 e. The lowest BCUT2D eigenvalue weighted by Crippen LogP contribution is -2.34. The monoisotopic (exact) mass is 243 g/mol. The Morgan fingerprint density at radius 2 is 1.94 bits per heavy atom. The molecule has 1 N–H and O–H groups in total. The van der Waals surface area contributed by atoms with Crippen molar-refractivity contribution in [1.29, 1.82) is 0 Å². The van der Waals surface area contributed by atoms with Gasteiger partial charge >= 0.3 is 6.09 Å². The summed E-state index contributed by atoms with van der Waals surface area (Å²) in [6.45, 7) is 7.61. The molecule has 0 rings (SSSR count). The van der Waals surface area contributed by atoms with E-state index in [0.717, 1.165) is 12.8 Å². The zero-order chi connectivity index (χ0) is 13.3. The number of allylic oxidation sites excluding steroid dienone is 1. The normalized spacial score (nSPS) is 11.8. The van der Waals surface area contributed by atoms with Crippen LogP contribution in [0.25, 0.3) is 0 Å². The molecule has 0 aromatic carbocycles. The zero-order valence-corrected chi connectivity index (χ0v) is 11.4. The Morgan fingerprint density at radius 1 is 1.29 bits per heavy atom. The Labute approximate surface area is 104 Å². The lowest BCUT2D eigenvalue weighted by atomic mass is 10.2. The van der Waals surface area contributed by atoms with Crippen LogP contribution < -0.4 is 0 Å². The fourth-order valence-electron chi connectivity index (χ4n) is 1.19. The Balaban J connectivity index is 3.78. The van der Waals surface area contributed by atoms with E-state index in [4.69, 9.17) is 4.74 Å². The van der Waals surface area contributed by atoms with Gasteiger partial charge in [0, 0.05) is 0 Å². The minimum atomic E-state index is -0.712. The molecule has 0 radical (unpaired) electrons. The molecule has 0 heterocycles. The summed E-state index contributed by atoms with van der Waals surface area (Å²) in [4.78, 5) is 11.3. The third-order valence-electron chi connectivity index (χ3n) is 2.02. The third kappa shape index (κ3) is 9.87. The molecule has 0 aromatic rings. The number of hydrogen-bond donors (Lipinski definition) is 1. The van der Waals surface area contributed by atoms with E-state index in [1.165, 1.54) is 12.8 Å². The van der Waals surface area contributed by atoms with Crippen LogP contribution >= 0.6 is 0 Å². The first kappa shape index (κ1) is 16.0. The highest BCUT2D eigenvalue weighted by Gasteiger charge is 2.19. The van der Waals surface area contributed by atoms with Crippen LogP contribution in [0.15, 0.2) is 12.2 Å². The molecule has 0 aliphatic heterocycles. The standard InChI is InChI=1S/C13H25NO3/c1-5-6-7-8-9-10-11-14(16)12(15)17-13(2,3)4/h9-10,16H,5-8,11H2,1-4H3/b10-9+. The molecule has 0 saturated carbocycles. The number of amides is 1. The number of ether oxygens (including phenoxy) is 1. The van der Waals surface area contributed by atoms with Gasteiger partial charge < -0.3 is 4.74 Å². The number of rotatable bonds is 6. The summed E-state index contributed by atoms with van der Waals surface area (Å²) in [7, 11) is 0. The molecule has 1 amide bonds. The maximum absolute atomic E-state index is 11.3. The molecule has 0 spiro atoms. The minimum absolute atomic E-state index is 0.168. The van der Waals surface area contributed by atoms with Gasteiger partial charge in [0.2, 0.25) is 0 Å². The number of carbonyl (C=O) groups is 1. The van der Waals surface area contributed by atoms with Crippen molar-refractivity contribution in [1.82, 2.24) is 5.06 Å². The molecule has 0 fully saturated rings. The predicted octanol–water partition coefficient (Wildman–Crippen LogP) is 3.75. The molecule has 0 aromatic heterocycles. The average Bonchev–Trinajstić information content (AvgIpc) is 2.20. The highest BCUT2D eigenvalue weighted by atomic mass is 16.6. The van der Waals surface area contributed by atoms with Crippen molar-refractivity contribution in [2.24, 2.45) is 0 Å². The van der Waals surface area contributed by atoms with Crippen LogP contribution in [0, 0.1) is 0 Å². The SMILES string of the molecule is CCCCC/C=C/CN(O)C(=O)OC(C)(C)C. The van der Waals surface area contributed by atoms with Gasteiger partial charge in [-0.25, -0.2) is 4.79 Å². The van der Waals surface area contributed by atoms with Crippen molar-refractivity contribution in [2.45, 2.75) is 59.0 Å². The van der Waals surface area contributed by atoms with E-state index in [9.17, 15) is 10.0 Å². The number of hydrogen-bond acceptors (Lipinski definition) is 3. The first-order valence-corrected chi connectivity index (χ1v) is 6.21. The fourth-order valence-corrected chi connectivity index (χ4v) is 1.19. The maximum atomic E-state index is 11.3. The van der Waals surface area contributed by atoms with Gasteiger partial charge in [0.25, 0.3) is 0 Å². The molecule has 4 heteroatoms. The van der Waals surface area contributed by atoms with Crippen LogP contribution in [0.2, 0.25) is 0 Å². The van der Waals surface area contributed by atoms with Gasteiger partial charge in [0.15, 0.2) is 0 Å². The summed E-state index contributed by atoms with van der Waals surface area (Å²) in [6.07, 6.45) is 7.57. The third-order valence-corrected chi connectivity index (χ3v) is 2.02. The van der Waals surface area contributed by atoms with Gasteiger partial charge in [-0.05, 0) is 33.6 Å². The Morgan fingerprint density at radius 3 is 2.47 bits per heavy atom. The molecule has 0 saturated heterocycles. The van der Waals surface area contributed by atoms with Gasteiger partial charge in [-0.1, -0.05) is 31.9 Å². The average molecular weight is 243 g/mol. The molecular weight excluding hydrogens is 218 g/mol. The summed E-state index contributed by atoms with van der Waals surface area (Å²) < 4.78 is 5.00. The summed E-state index contributed by atoms with van der Waals surface area (Å²) in [5.74, 6) is 0. The highest BCUT2D eigenvalue weighted by Crippen LogP contribution is 2.08.